The molecule has 0 bridgehead atoms. The Hall–Kier alpha value is -1.04. The van der Waals surface area contributed by atoms with Gasteiger partial charge in [-0.1, -0.05) is 17.7 Å². The van der Waals surface area contributed by atoms with Crippen LogP contribution in [0.15, 0.2) is 28.3 Å². The molecule has 0 radical (unpaired) electrons. The Morgan fingerprint density at radius 3 is 2.72 bits per heavy atom. The van der Waals surface area contributed by atoms with Gasteiger partial charge in [0, 0.05) is 11.9 Å². The molecule has 0 amide bonds. The van der Waals surface area contributed by atoms with E-state index in [0.29, 0.717) is 6.54 Å². The van der Waals surface area contributed by atoms with Crippen LogP contribution in [0.4, 0.5) is 0 Å². The molecule has 1 aromatic carbocycles. The molecule has 0 aliphatic rings. The summed E-state index contributed by atoms with van der Waals surface area (Å²) in [6.07, 6.45) is 0.841. The van der Waals surface area contributed by atoms with E-state index in [4.69, 9.17) is 17.3 Å². The van der Waals surface area contributed by atoms with Crippen LogP contribution >= 0.6 is 23.4 Å². The average molecular weight is 283 g/mol. The quantitative estimate of drug-likeness (QED) is 0.936. The lowest BCUT2D eigenvalue weighted by Crippen LogP contribution is -2.02. The molecule has 0 aliphatic carbocycles. The van der Waals surface area contributed by atoms with Gasteiger partial charge in [-0.05, 0) is 49.3 Å². The molecule has 0 spiro atoms. The van der Waals surface area contributed by atoms with Crippen LogP contribution in [-0.2, 0) is 13.5 Å². The van der Waals surface area contributed by atoms with Crippen molar-refractivity contribution in [3.8, 4) is 0 Å². The zero-order valence-electron chi connectivity index (χ0n) is 10.4. The van der Waals surface area contributed by atoms with Crippen molar-refractivity contribution in [2.45, 2.75) is 23.4 Å². The predicted molar refractivity (Wildman–Crippen MR) is 74.1 cm³/mol. The number of rotatable bonds is 4. The van der Waals surface area contributed by atoms with E-state index in [-0.39, 0.29) is 0 Å². The standard InChI is InChI=1S/C12H15ClN4S/c1-8-15-16-12(17(8)2)18-11-4-3-9(5-6-14)7-10(11)13/h3-4,7H,5-6,14H2,1-2H3. The maximum Gasteiger partial charge on any atom is 0.195 e. The summed E-state index contributed by atoms with van der Waals surface area (Å²) in [5.74, 6) is 0.883. The van der Waals surface area contributed by atoms with Crippen molar-refractivity contribution in [1.82, 2.24) is 14.8 Å². The highest BCUT2D eigenvalue weighted by atomic mass is 35.5. The number of hydrogen-bond acceptors (Lipinski definition) is 4. The largest absolute Gasteiger partial charge is 0.330 e. The van der Waals surface area contributed by atoms with E-state index in [2.05, 4.69) is 10.2 Å². The minimum Gasteiger partial charge on any atom is -0.330 e. The van der Waals surface area contributed by atoms with Gasteiger partial charge in [-0.2, -0.15) is 0 Å². The Morgan fingerprint density at radius 2 is 2.17 bits per heavy atom. The smallest absolute Gasteiger partial charge is 0.195 e. The second-order valence-electron chi connectivity index (χ2n) is 3.99. The van der Waals surface area contributed by atoms with Crippen molar-refractivity contribution >= 4 is 23.4 Å². The Kier molecular flexibility index (Phi) is 4.27. The highest BCUT2D eigenvalue weighted by Gasteiger charge is 2.10. The fourth-order valence-corrected chi connectivity index (χ4v) is 2.68. The molecule has 0 saturated heterocycles. The van der Waals surface area contributed by atoms with E-state index in [0.717, 1.165) is 32.9 Å². The second-order valence-corrected chi connectivity index (χ2v) is 5.41. The molecule has 0 atom stereocenters. The predicted octanol–water partition coefficient (Wildman–Crippen LogP) is 2.43. The fraction of sp³-hybridized carbons (Fsp3) is 0.333. The lowest BCUT2D eigenvalue weighted by molar-refractivity contribution is 0.765. The zero-order valence-corrected chi connectivity index (χ0v) is 11.9. The van der Waals surface area contributed by atoms with Crippen molar-refractivity contribution in [2.24, 2.45) is 12.8 Å². The lowest BCUT2D eigenvalue weighted by atomic mass is 10.1. The van der Waals surface area contributed by atoms with Crippen LogP contribution in [0.1, 0.15) is 11.4 Å². The van der Waals surface area contributed by atoms with Crippen molar-refractivity contribution in [2.75, 3.05) is 6.54 Å². The van der Waals surface area contributed by atoms with Crippen molar-refractivity contribution in [3.05, 3.63) is 34.6 Å². The third-order valence-corrected chi connectivity index (χ3v) is 4.22. The molecule has 0 aliphatic heterocycles. The topological polar surface area (TPSA) is 56.7 Å². The van der Waals surface area contributed by atoms with Crippen molar-refractivity contribution in [1.29, 1.82) is 0 Å². The van der Waals surface area contributed by atoms with E-state index in [1.54, 1.807) is 0 Å². The first-order valence-electron chi connectivity index (χ1n) is 5.64. The summed E-state index contributed by atoms with van der Waals surface area (Å²) in [5.41, 5.74) is 6.68. The first kappa shape index (κ1) is 13.4. The molecule has 6 heteroatoms. The van der Waals surface area contributed by atoms with Crippen LogP contribution < -0.4 is 5.73 Å². The van der Waals surface area contributed by atoms with Crippen molar-refractivity contribution in [3.63, 3.8) is 0 Å². The number of benzene rings is 1. The van der Waals surface area contributed by atoms with Crippen LogP contribution in [0.5, 0.6) is 0 Å². The van der Waals surface area contributed by atoms with Crippen LogP contribution in [-0.4, -0.2) is 21.3 Å². The first-order chi connectivity index (χ1) is 8.61. The third kappa shape index (κ3) is 2.85. The number of hydrogen-bond donors (Lipinski definition) is 1. The third-order valence-electron chi connectivity index (χ3n) is 2.68. The fourth-order valence-electron chi connectivity index (χ4n) is 1.52. The summed E-state index contributed by atoms with van der Waals surface area (Å²) in [6, 6.07) is 6.01. The minimum absolute atomic E-state index is 0.630. The normalized spacial score (nSPS) is 10.9. The molecular weight excluding hydrogens is 268 g/mol. The van der Waals surface area contributed by atoms with E-state index in [1.165, 1.54) is 11.8 Å². The Balaban J connectivity index is 2.22. The summed E-state index contributed by atoms with van der Waals surface area (Å²) in [6.45, 7) is 2.55. The van der Waals surface area contributed by atoms with E-state index < -0.39 is 0 Å². The van der Waals surface area contributed by atoms with Crippen LogP contribution in [0.3, 0.4) is 0 Å². The number of nitrogens with two attached hydrogens (primary N) is 1. The molecule has 0 unspecified atom stereocenters. The van der Waals surface area contributed by atoms with E-state index in [9.17, 15) is 0 Å². The summed E-state index contributed by atoms with van der Waals surface area (Å²) in [7, 11) is 1.94. The van der Waals surface area contributed by atoms with Gasteiger partial charge in [0.15, 0.2) is 5.16 Å². The first-order valence-corrected chi connectivity index (χ1v) is 6.83. The maximum atomic E-state index is 6.26. The van der Waals surface area contributed by atoms with Gasteiger partial charge in [0.25, 0.3) is 0 Å². The van der Waals surface area contributed by atoms with Crippen LogP contribution in [0.25, 0.3) is 0 Å². The average Bonchev–Trinajstić information content (AvgIpc) is 2.65. The number of aromatic nitrogens is 3. The minimum atomic E-state index is 0.630. The summed E-state index contributed by atoms with van der Waals surface area (Å²) in [5, 5.41) is 9.69. The second kappa shape index (κ2) is 5.73. The molecule has 0 saturated carbocycles. The Morgan fingerprint density at radius 1 is 1.39 bits per heavy atom. The van der Waals surface area contributed by atoms with E-state index in [1.807, 2.05) is 36.7 Å². The lowest BCUT2D eigenvalue weighted by Gasteiger charge is -2.06. The van der Waals surface area contributed by atoms with Crippen molar-refractivity contribution < 1.29 is 0 Å². The number of nitrogens with zero attached hydrogens (tertiary/aromatic N) is 3. The van der Waals surface area contributed by atoms with Gasteiger partial charge >= 0.3 is 0 Å². The molecule has 96 valence electrons. The summed E-state index contributed by atoms with van der Waals surface area (Å²) < 4.78 is 1.94. The SMILES string of the molecule is Cc1nnc(Sc2ccc(CCN)cc2Cl)n1C. The molecular formula is C12H15ClN4S. The summed E-state index contributed by atoms with van der Waals surface area (Å²) in [4.78, 5) is 0.980. The molecule has 0 fully saturated rings. The monoisotopic (exact) mass is 282 g/mol. The van der Waals surface area contributed by atoms with Gasteiger partial charge < -0.3 is 10.3 Å². The summed E-state index contributed by atoms with van der Waals surface area (Å²) >= 11 is 7.77. The molecule has 2 rings (SSSR count). The van der Waals surface area contributed by atoms with E-state index >= 15 is 0 Å². The van der Waals surface area contributed by atoms with Gasteiger partial charge in [0.2, 0.25) is 0 Å². The van der Waals surface area contributed by atoms with Gasteiger partial charge in [-0.3, -0.25) is 0 Å². The molecule has 2 aromatic rings. The zero-order chi connectivity index (χ0) is 13.1. The molecule has 18 heavy (non-hydrogen) atoms. The Bertz CT molecular complexity index is 553. The Labute approximate surface area is 116 Å². The highest BCUT2D eigenvalue weighted by molar-refractivity contribution is 7.99. The molecule has 1 heterocycles. The van der Waals surface area contributed by atoms with Crippen LogP contribution in [0.2, 0.25) is 5.02 Å². The van der Waals surface area contributed by atoms with Gasteiger partial charge in [0.1, 0.15) is 5.82 Å². The molecule has 2 N–H and O–H groups in total. The highest BCUT2D eigenvalue weighted by Crippen LogP contribution is 2.32. The van der Waals surface area contributed by atoms with Gasteiger partial charge in [-0.25, -0.2) is 0 Å². The number of aryl methyl sites for hydroxylation is 1. The van der Waals surface area contributed by atoms with Crippen LogP contribution in [0, 0.1) is 6.92 Å². The molecule has 1 aromatic heterocycles. The number of halogens is 1. The molecule has 4 nitrogen and oxygen atoms in total. The maximum absolute atomic E-state index is 6.26. The van der Waals surface area contributed by atoms with Gasteiger partial charge in [-0.15, -0.1) is 10.2 Å². The van der Waals surface area contributed by atoms with Gasteiger partial charge in [0.05, 0.1) is 5.02 Å².